The molecule has 2 aliphatic heterocycles. The summed E-state index contributed by atoms with van der Waals surface area (Å²) in [5.74, 6) is -1.55. The molecule has 4 N–H and O–H groups in total. The molecule has 0 spiro atoms. The second kappa shape index (κ2) is 10.1. The van der Waals surface area contributed by atoms with Crippen molar-refractivity contribution in [3.8, 4) is 0 Å². The van der Waals surface area contributed by atoms with Crippen LogP contribution in [0, 0.1) is 5.41 Å². The largest absolute Gasteiger partial charge is 0.481 e. The maximum atomic E-state index is 13.6. The van der Waals surface area contributed by atoms with Crippen LogP contribution in [-0.2, 0) is 27.8 Å². The van der Waals surface area contributed by atoms with E-state index in [-0.39, 0.29) is 42.7 Å². The van der Waals surface area contributed by atoms with Gasteiger partial charge in [-0.1, -0.05) is 18.2 Å². The third-order valence-corrected chi connectivity index (χ3v) is 9.91. The minimum atomic E-state index is -3.95. The average molecular weight is 557 g/mol. The van der Waals surface area contributed by atoms with Gasteiger partial charge in [0.25, 0.3) is 5.91 Å². The molecule has 2 aromatic carbocycles. The number of thiazole rings is 1. The molecule has 0 saturated carbocycles. The number of fused-ring (bicyclic) bond motifs is 2. The van der Waals surface area contributed by atoms with Crippen LogP contribution in [0.5, 0.6) is 0 Å². The number of carbonyl (C=O) groups is 2. The zero-order valence-electron chi connectivity index (χ0n) is 20.8. The maximum Gasteiger partial charge on any atom is 0.305 e. The van der Waals surface area contributed by atoms with Crippen LogP contribution in [0.1, 0.15) is 32.4 Å². The Morgan fingerprint density at radius 2 is 1.89 bits per heavy atom. The van der Waals surface area contributed by atoms with Gasteiger partial charge in [0.15, 0.2) is 5.01 Å². The van der Waals surface area contributed by atoms with Crippen LogP contribution >= 0.6 is 11.3 Å². The molecule has 0 aliphatic carbocycles. The van der Waals surface area contributed by atoms with Gasteiger partial charge in [-0.25, -0.2) is 13.4 Å². The third-order valence-electron chi connectivity index (χ3n) is 6.98. The van der Waals surface area contributed by atoms with E-state index in [2.05, 4.69) is 9.88 Å². The third kappa shape index (κ3) is 5.01. The van der Waals surface area contributed by atoms with Crippen LogP contribution in [0.15, 0.2) is 41.3 Å². The molecule has 13 heteroatoms. The van der Waals surface area contributed by atoms with Crippen LogP contribution in [-0.4, -0.2) is 89.6 Å². The predicted octanol–water partition coefficient (Wildman–Crippen LogP) is 1.56. The summed E-state index contributed by atoms with van der Waals surface area (Å²) in [4.78, 5) is 34.3. The Morgan fingerprint density at radius 3 is 2.63 bits per heavy atom. The molecule has 0 bridgehead atoms. The fourth-order valence-electron chi connectivity index (χ4n) is 4.93. The van der Waals surface area contributed by atoms with Crippen molar-refractivity contribution in [3.63, 3.8) is 0 Å². The summed E-state index contributed by atoms with van der Waals surface area (Å²) in [5.41, 5.74) is 7.00. The summed E-state index contributed by atoms with van der Waals surface area (Å²) >= 11 is 1.32. The van der Waals surface area contributed by atoms with Gasteiger partial charge in [0.2, 0.25) is 10.0 Å². The highest BCUT2D eigenvalue weighted by molar-refractivity contribution is 7.89. The van der Waals surface area contributed by atoms with Gasteiger partial charge in [-0.3, -0.25) is 15.0 Å². The second-order valence-electron chi connectivity index (χ2n) is 9.63. The molecule has 2 aliphatic rings. The summed E-state index contributed by atoms with van der Waals surface area (Å²) in [7, 11) is -1.95. The van der Waals surface area contributed by atoms with Crippen molar-refractivity contribution in [2.24, 2.45) is 5.73 Å². The Bertz CT molecular complexity index is 1550. The van der Waals surface area contributed by atoms with E-state index in [4.69, 9.17) is 11.1 Å². The number of carboxylic acids is 1. The lowest BCUT2D eigenvalue weighted by atomic mass is 10.1. The molecule has 1 amide bonds. The predicted molar refractivity (Wildman–Crippen MR) is 143 cm³/mol. The van der Waals surface area contributed by atoms with E-state index in [1.54, 1.807) is 30.3 Å². The molecule has 200 valence electrons. The fraction of sp³-hybridized carbons (Fsp3) is 0.360. The average Bonchev–Trinajstić information content (AvgIpc) is 3.30. The normalized spacial score (nSPS) is 18.9. The van der Waals surface area contributed by atoms with Gasteiger partial charge < -0.3 is 20.6 Å². The molecular formula is C25H28N6O5S2. The second-order valence-corrected chi connectivity index (χ2v) is 12.6. The van der Waals surface area contributed by atoms with Crippen molar-refractivity contribution in [2.75, 3.05) is 33.2 Å². The number of amidine groups is 1. The van der Waals surface area contributed by atoms with E-state index in [0.29, 0.717) is 22.5 Å². The first-order valence-electron chi connectivity index (χ1n) is 12.1. The van der Waals surface area contributed by atoms with Crippen LogP contribution in [0.25, 0.3) is 10.8 Å². The number of carbonyl (C=O) groups excluding carboxylic acids is 1. The van der Waals surface area contributed by atoms with Gasteiger partial charge in [0.1, 0.15) is 5.84 Å². The van der Waals surface area contributed by atoms with E-state index in [0.717, 1.165) is 28.9 Å². The Balaban J connectivity index is 1.39. The molecule has 1 saturated heterocycles. The van der Waals surface area contributed by atoms with Crippen LogP contribution in [0.3, 0.4) is 0 Å². The number of sulfonamides is 1. The molecule has 38 heavy (non-hydrogen) atoms. The van der Waals surface area contributed by atoms with E-state index in [1.165, 1.54) is 26.6 Å². The van der Waals surface area contributed by atoms with Gasteiger partial charge in [-0.15, -0.1) is 11.3 Å². The van der Waals surface area contributed by atoms with E-state index < -0.39 is 22.0 Å². The first-order chi connectivity index (χ1) is 18.0. The van der Waals surface area contributed by atoms with E-state index in [1.807, 2.05) is 7.05 Å². The minimum Gasteiger partial charge on any atom is -0.481 e. The number of nitrogens with one attached hydrogen (secondary N) is 1. The van der Waals surface area contributed by atoms with Crippen molar-refractivity contribution in [3.05, 3.63) is 57.5 Å². The Hall–Kier alpha value is -3.39. The number of hydrogen-bond donors (Lipinski definition) is 3. The van der Waals surface area contributed by atoms with Crippen molar-refractivity contribution in [1.29, 1.82) is 5.41 Å². The number of nitrogens with zero attached hydrogens (tertiary/aromatic N) is 4. The molecule has 11 nitrogen and oxygen atoms in total. The van der Waals surface area contributed by atoms with Gasteiger partial charge >= 0.3 is 5.97 Å². The zero-order chi connectivity index (χ0) is 27.2. The standard InChI is InChI=1S/C25H28N6O5S2/c1-29-7-6-20-21(14-29)37-24(28-20)25(34)31-9-8-30(13-18(31)12-22(32)33)38(35,36)19-5-4-15-10-17(23(26)27)3-2-16(15)11-19/h2-5,10-11,18H,6-9,12-14H2,1H3,(H3,26,27)(H,32,33). The fourth-order valence-corrected chi connectivity index (χ4v) is 7.58. The first kappa shape index (κ1) is 26.2. The minimum absolute atomic E-state index is 0.0410. The lowest BCUT2D eigenvalue weighted by Crippen LogP contribution is -2.57. The Labute approximate surface area is 224 Å². The van der Waals surface area contributed by atoms with Crippen molar-refractivity contribution in [1.82, 2.24) is 19.1 Å². The molecular weight excluding hydrogens is 528 g/mol. The first-order valence-corrected chi connectivity index (χ1v) is 14.4. The number of nitrogens with two attached hydrogens (primary N) is 1. The van der Waals surface area contributed by atoms with Crippen molar-refractivity contribution in [2.45, 2.75) is 30.3 Å². The number of nitrogen functional groups attached to an aromatic ring is 1. The lowest BCUT2D eigenvalue weighted by molar-refractivity contribution is -0.138. The highest BCUT2D eigenvalue weighted by Crippen LogP contribution is 2.29. The summed E-state index contributed by atoms with van der Waals surface area (Å²) < 4.78 is 28.4. The molecule has 3 heterocycles. The van der Waals surface area contributed by atoms with Crippen LogP contribution in [0.4, 0.5) is 0 Å². The van der Waals surface area contributed by atoms with Gasteiger partial charge in [-0.2, -0.15) is 4.31 Å². The Morgan fingerprint density at radius 1 is 1.16 bits per heavy atom. The number of aliphatic carboxylic acids is 1. The number of piperazine rings is 1. The number of benzene rings is 2. The number of rotatable bonds is 6. The molecule has 1 fully saturated rings. The maximum absolute atomic E-state index is 13.6. The molecule has 1 aromatic heterocycles. The molecule has 1 unspecified atom stereocenters. The van der Waals surface area contributed by atoms with Crippen molar-refractivity contribution < 1.29 is 23.1 Å². The van der Waals surface area contributed by atoms with Crippen LogP contribution in [0.2, 0.25) is 0 Å². The SMILES string of the molecule is CN1CCc2nc(C(=O)N3CCN(S(=O)(=O)c4ccc5cc(C(=N)N)ccc5c4)CC3CC(=O)O)sc2C1. The highest BCUT2D eigenvalue weighted by atomic mass is 32.2. The van der Waals surface area contributed by atoms with Gasteiger partial charge in [0, 0.05) is 49.6 Å². The van der Waals surface area contributed by atoms with E-state index >= 15 is 0 Å². The monoisotopic (exact) mass is 556 g/mol. The molecule has 1 atom stereocenters. The molecule has 5 rings (SSSR count). The molecule has 0 radical (unpaired) electrons. The topological polar surface area (TPSA) is 161 Å². The number of carboxylic acid groups (broad SMARTS) is 1. The quantitative estimate of drug-likeness (QED) is 0.304. The summed E-state index contributed by atoms with van der Waals surface area (Å²) in [6, 6.07) is 8.95. The lowest BCUT2D eigenvalue weighted by Gasteiger charge is -2.39. The Kier molecular flexibility index (Phi) is 6.94. The van der Waals surface area contributed by atoms with E-state index in [9.17, 15) is 23.1 Å². The number of likely N-dealkylation sites (N-methyl/N-ethyl adjacent to an activating group) is 1. The summed E-state index contributed by atoms with van der Waals surface area (Å²) in [6.07, 6.45) is 0.374. The number of hydrogen-bond acceptors (Lipinski definition) is 8. The summed E-state index contributed by atoms with van der Waals surface area (Å²) in [6.45, 7) is 1.55. The van der Waals surface area contributed by atoms with Crippen molar-refractivity contribution >= 4 is 49.8 Å². The summed E-state index contributed by atoms with van der Waals surface area (Å²) in [5, 5.41) is 18.9. The number of aromatic nitrogens is 1. The van der Waals surface area contributed by atoms with Gasteiger partial charge in [-0.05, 0) is 36.0 Å². The number of amides is 1. The molecule has 3 aromatic rings. The van der Waals surface area contributed by atoms with Gasteiger partial charge in [0.05, 0.1) is 23.1 Å². The van der Waals surface area contributed by atoms with Crippen LogP contribution < -0.4 is 5.73 Å². The zero-order valence-corrected chi connectivity index (χ0v) is 22.4. The smallest absolute Gasteiger partial charge is 0.305 e. The highest BCUT2D eigenvalue weighted by Gasteiger charge is 2.39.